The van der Waals surface area contributed by atoms with Crippen LogP contribution in [0.25, 0.3) is 0 Å². The van der Waals surface area contributed by atoms with Crippen molar-refractivity contribution in [1.82, 2.24) is 25.4 Å². The zero-order chi connectivity index (χ0) is 22.3. The Labute approximate surface area is 192 Å². The van der Waals surface area contributed by atoms with Crippen LogP contribution in [0.4, 0.5) is 5.82 Å². The highest BCUT2D eigenvalue weighted by Gasteiger charge is 2.32. The van der Waals surface area contributed by atoms with Crippen LogP contribution in [0.1, 0.15) is 44.6 Å². The molecule has 2 saturated heterocycles. The highest BCUT2D eigenvalue weighted by atomic mass is 16.2. The van der Waals surface area contributed by atoms with Crippen LogP contribution < -0.4 is 15.5 Å². The number of hydrogen-bond donors (Lipinski definition) is 2. The van der Waals surface area contributed by atoms with E-state index >= 15 is 0 Å². The molecule has 1 atom stereocenters. The van der Waals surface area contributed by atoms with Crippen LogP contribution in [-0.2, 0) is 11.3 Å². The number of aliphatic imine (C=N–C) groups is 1. The number of likely N-dealkylation sites (N-methyl/N-ethyl adjacent to an activating group) is 1. The lowest BCUT2D eigenvalue weighted by Gasteiger charge is -2.33. The molecule has 4 rings (SSSR count). The maximum atomic E-state index is 12.7. The van der Waals surface area contributed by atoms with Crippen molar-refractivity contribution in [3.63, 3.8) is 0 Å². The van der Waals surface area contributed by atoms with Gasteiger partial charge in [0.25, 0.3) is 0 Å². The second-order valence-electron chi connectivity index (χ2n) is 9.40. The van der Waals surface area contributed by atoms with E-state index in [4.69, 9.17) is 4.99 Å². The Morgan fingerprint density at radius 2 is 1.94 bits per heavy atom. The number of pyridine rings is 1. The Hall–Kier alpha value is -2.35. The van der Waals surface area contributed by atoms with Crippen molar-refractivity contribution in [2.45, 2.75) is 51.6 Å². The van der Waals surface area contributed by atoms with E-state index < -0.39 is 0 Å². The summed E-state index contributed by atoms with van der Waals surface area (Å²) in [7, 11) is 2.17. The average Bonchev–Trinajstić information content (AvgIpc) is 3.51. The standard InChI is InChI=1S/C24H39N7O/c1-3-25-24(28-21-9-11-31(18-21)23(32)20-6-4-5-7-20)27-17-19-8-10-26-22(16-19)30-14-12-29(2)13-15-30/h8,10,16,20-21H,3-7,9,11-15,17-18H2,1-2H3,(H2,25,27,28). The second kappa shape index (κ2) is 11.0. The predicted octanol–water partition coefficient (Wildman–Crippen LogP) is 1.68. The lowest BCUT2D eigenvalue weighted by Crippen LogP contribution is -2.45. The van der Waals surface area contributed by atoms with E-state index in [1.165, 1.54) is 12.8 Å². The molecule has 176 valence electrons. The van der Waals surface area contributed by atoms with Gasteiger partial charge in [0.2, 0.25) is 5.91 Å². The maximum Gasteiger partial charge on any atom is 0.225 e. The number of rotatable bonds is 6. The van der Waals surface area contributed by atoms with Gasteiger partial charge in [0.15, 0.2) is 5.96 Å². The van der Waals surface area contributed by atoms with E-state index in [1.807, 2.05) is 12.3 Å². The molecule has 0 spiro atoms. The fourth-order valence-electron chi connectivity index (χ4n) is 4.96. The Bertz CT molecular complexity index is 784. The smallest absolute Gasteiger partial charge is 0.225 e. The fourth-order valence-corrected chi connectivity index (χ4v) is 4.96. The van der Waals surface area contributed by atoms with Crippen molar-refractivity contribution >= 4 is 17.7 Å². The minimum atomic E-state index is 0.261. The summed E-state index contributed by atoms with van der Waals surface area (Å²) in [5.74, 6) is 2.49. The third kappa shape index (κ3) is 5.91. The second-order valence-corrected chi connectivity index (χ2v) is 9.40. The van der Waals surface area contributed by atoms with E-state index in [-0.39, 0.29) is 12.0 Å². The van der Waals surface area contributed by atoms with Crippen molar-refractivity contribution in [3.05, 3.63) is 23.9 Å². The van der Waals surface area contributed by atoms with Crippen LogP contribution in [0, 0.1) is 5.92 Å². The molecule has 0 aromatic carbocycles. The first kappa shape index (κ1) is 22.8. The van der Waals surface area contributed by atoms with Gasteiger partial charge < -0.3 is 25.3 Å². The maximum absolute atomic E-state index is 12.7. The van der Waals surface area contributed by atoms with Gasteiger partial charge in [0.1, 0.15) is 5.82 Å². The van der Waals surface area contributed by atoms with E-state index in [0.29, 0.717) is 12.5 Å². The number of hydrogen-bond acceptors (Lipinski definition) is 5. The first-order valence-electron chi connectivity index (χ1n) is 12.3. The molecule has 3 heterocycles. The average molecular weight is 442 g/mol. The molecular formula is C24H39N7O. The van der Waals surface area contributed by atoms with Gasteiger partial charge in [-0.05, 0) is 50.9 Å². The zero-order valence-corrected chi connectivity index (χ0v) is 19.7. The molecule has 8 nitrogen and oxygen atoms in total. The summed E-state index contributed by atoms with van der Waals surface area (Å²) >= 11 is 0. The molecule has 1 aromatic rings. The number of amides is 1. The van der Waals surface area contributed by atoms with Gasteiger partial charge in [-0.25, -0.2) is 9.98 Å². The molecule has 3 aliphatic rings. The Morgan fingerprint density at radius 1 is 1.16 bits per heavy atom. The number of carbonyl (C=O) groups excluding carboxylic acids is 1. The first-order valence-corrected chi connectivity index (χ1v) is 12.3. The van der Waals surface area contributed by atoms with Gasteiger partial charge >= 0.3 is 0 Å². The van der Waals surface area contributed by atoms with Crippen molar-refractivity contribution in [2.75, 3.05) is 57.8 Å². The van der Waals surface area contributed by atoms with E-state index in [2.05, 4.69) is 50.4 Å². The summed E-state index contributed by atoms with van der Waals surface area (Å²) in [5, 5.41) is 6.92. The van der Waals surface area contributed by atoms with Gasteiger partial charge in [0, 0.05) is 64.0 Å². The highest BCUT2D eigenvalue weighted by Crippen LogP contribution is 2.27. The molecule has 1 aliphatic carbocycles. The molecular weight excluding hydrogens is 402 g/mol. The zero-order valence-electron chi connectivity index (χ0n) is 19.7. The lowest BCUT2D eigenvalue weighted by atomic mass is 10.1. The molecule has 2 aliphatic heterocycles. The highest BCUT2D eigenvalue weighted by molar-refractivity contribution is 5.81. The number of nitrogens with one attached hydrogen (secondary N) is 2. The topological polar surface area (TPSA) is 76.1 Å². The van der Waals surface area contributed by atoms with Crippen molar-refractivity contribution in [2.24, 2.45) is 10.9 Å². The van der Waals surface area contributed by atoms with Gasteiger partial charge in [-0.2, -0.15) is 0 Å². The van der Waals surface area contributed by atoms with Gasteiger partial charge in [-0.3, -0.25) is 4.79 Å². The summed E-state index contributed by atoms with van der Waals surface area (Å²) in [5.41, 5.74) is 1.16. The summed E-state index contributed by atoms with van der Waals surface area (Å²) in [4.78, 5) is 28.9. The fraction of sp³-hybridized carbons (Fsp3) is 0.708. The number of anilines is 1. The molecule has 2 N–H and O–H groups in total. The number of carbonyl (C=O) groups is 1. The van der Waals surface area contributed by atoms with Crippen molar-refractivity contribution in [1.29, 1.82) is 0 Å². The van der Waals surface area contributed by atoms with Crippen molar-refractivity contribution in [3.8, 4) is 0 Å². The SMILES string of the molecule is CCNC(=NCc1ccnc(N2CCN(C)CC2)c1)NC1CCN(C(=O)C2CCCC2)C1. The van der Waals surface area contributed by atoms with Crippen LogP contribution >= 0.6 is 0 Å². The number of likely N-dealkylation sites (tertiary alicyclic amines) is 1. The number of guanidine groups is 1. The minimum absolute atomic E-state index is 0.261. The van der Waals surface area contributed by atoms with Crippen LogP contribution in [0.5, 0.6) is 0 Å². The molecule has 32 heavy (non-hydrogen) atoms. The largest absolute Gasteiger partial charge is 0.357 e. The third-order valence-corrected chi connectivity index (χ3v) is 6.95. The molecule has 3 fully saturated rings. The number of nitrogens with zero attached hydrogens (tertiary/aromatic N) is 5. The number of piperazine rings is 1. The Balaban J connectivity index is 1.32. The van der Waals surface area contributed by atoms with Crippen LogP contribution in [0.15, 0.2) is 23.3 Å². The third-order valence-electron chi connectivity index (χ3n) is 6.95. The number of aromatic nitrogens is 1. The van der Waals surface area contributed by atoms with Gasteiger partial charge in [0.05, 0.1) is 6.54 Å². The lowest BCUT2D eigenvalue weighted by molar-refractivity contribution is -0.134. The van der Waals surface area contributed by atoms with E-state index in [0.717, 1.165) is 82.4 Å². The van der Waals surface area contributed by atoms with Crippen LogP contribution in [-0.4, -0.2) is 85.6 Å². The summed E-state index contributed by atoms with van der Waals surface area (Å²) < 4.78 is 0. The molecule has 0 bridgehead atoms. The summed E-state index contributed by atoms with van der Waals surface area (Å²) in [6.45, 7) is 9.30. The Morgan fingerprint density at radius 3 is 2.69 bits per heavy atom. The predicted molar refractivity (Wildman–Crippen MR) is 129 cm³/mol. The monoisotopic (exact) mass is 441 g/mol. The normalized spacial score (nSPS) is 23.1. The molecule has 8 heteroatoms. The molecule has 1 saturated carbocycles. The minimum Gasteiger partial charge on any atom is -0.357 e. The van der Waals surface area contributed by atoms with Crippen LogP contribution in [0.3, 0.4) is 0 Å². The van der Waals surface area contributed by atoms with Crippen molar-refractivity contribution < 1.29 is 4.79 Å². The Kier molecular flexibility index (Phi) is 7.84. The molecule has 1 unspecified atom stereocenters. The summed E-state index contributed by atoms with van der Waals surface area (Å²) in [6, 6.07) is 4.47. The van der Waals surface area contributed by atoms with Crippen LogP contribution in [0.2, 0.25) is 0 Å². The quantitative estimate of drug-likeness (QED) is 0.517. The molecule has 0 radical (unpaired) electrons. The van der Waals surface area contributed by atoms with E-state index in [9.17, 15) is 4.79 Å². The van der Waals surface area contributed by atoms with E-state index in [1.54, 1.807) is 0 Å². The first-order chi connectivity index (χ1) is 15.6. The molecule has 1 aromatic heterocycles. The van der Waals surface area contributed by atoms with Gasteiger partial charge in [-0.15, -0.1) is 0 Å². The van der Waals surface area contributed by atoms with Gasteiger partial charge in [-0.1, -0.05) is 12.8 Å². The summed E-state index contributed by atoms with van der Waals surface area (Å²) in [6.07, 6.45) is 7.41. The molecule has 1 amide bonds.